The average molecular weight is 305 g/mol. The minimum Gasteiger partial charge on any atom is -0.403 e. The van der Waals surface area contributed by atoms with Crippen LogP contribution < -0.4 is 15.4 Å². The van der Waals surface area contributed by atoms with Crippen LogP contribution in [-0.2, 0) is 0 Å². The van der Waals surface area contributed by atoms with Crippen LogP contribution in [0.1, 0.15) is 19.3 Å². The number of nitro benzene ring substituents is 1. The molecule has 0 aliphatic carbocycles. The molecular formula is C12H14F3N3O3. The van der Waals surface area contributed by atoms with E-state index in [0.717, 1.165) is 25.3 Å². The lowest BCUT2D eigenvalue weighted by Gasteiger charge is -2.30. The molecule has 9 heteroatoms. The first-order valence-corrected chi connectivity index (χ1v) is 6.36. The number of alkyl halides is 3. The zero-order valence-electron chi connectivity index (χ0n) is 11.0. The quantitative estimate of drug-likeness (QED) is 0.527. The highest BCUT2D eigenvalue weighted by atomic mass is 19.4. The Hall–Kier alpha value is -2.19. The van der Waals surface area contributed by atoms with Crippen molar-refractivity contribution < 1.29 is 22.8 Å². The van der Waals surface area contributed by atoms with Crippen LogP contribution in [-0.4, -0.2) is 24.4 Å². The van der Waals surface area contributed by atoms with E-state index in [1.165, 1.54) is 6.07 Å². The van der Waals surface area contributed by atoms with Crippen molar-refractivity contribution in [1.29, 1.82) is 0 Å². The molecule has 0 spiro atoms. The fraction of sp³-hybridized carbons (Fsp3) is 0.500. The highest BCUT2D eigenvalue weighted by molar-refractivity contribution is 5.73. The van der Waals surface area contributed by atoms with Gasteiger partial charge in [0.25, 0.3) is 5.69 Å². The standard InChI is InChI=1S/C12H14F3N3O3/c13-12(14,15)21-11-7-9(18(19)20)8(16)6-10(11)17-4-2-1-3-5-17/h6-7H,1-5,16H2. The predicted octanol–water partition coefficient (Wildman–Crippen LogP) is 3.07. The molecule has 0 bridgehead atoms. The molecule has 1 fully saturated rings. The largest absolute Gasteiger partial charge is 0.573 e. The van der Waals surface area contributed by atoms with Crippen LogP contribution in [0.4, 0.5) is 30.2 Å². The van der Waals surface area contributed by atoms with Gasteiger partial charge in [-0.3, -0.25) is 10.1 Å². The number of piperidine rings is 1. The summed E-state index contributed by atoms with van der Waals surface area (Å²) in [5.74, 6) is -0.592. The van der Waals surface area contributed by atoms with E-state index in [0.29, 0.717) is 13.1 Å². The summed E-state index contributed by atoms with van der Waals surface area (Å²) in [6.45, 7) is 1.12. The summed E-state index contributed by atoms with van der Waals surface area (Å²) in [6, 6.07) is 1.90. The summed E-state index contributed by atoms with van der Waals surface area (Å²) in [5, 5.41) is 10.8. The maximum absolute atomic E-state index is 12.5. The number of rotatable bonds is 3. The van der Waals surface area contributed by atoms with E-state index < -0.39 is 22.7 Å². The maximum Gasteiger partial charge on any atom is 0.573 e. The number of ether oxygens (including phenoxy) is 1. The lowest BCUT2D eigenvalue weighted by Crippen LogP contribution is -2.30. The lowest BCUT2D eigenvalue weighted by atomic mass is 10.1. The Morgan fingerprint density at radius 1 is 1.24 bits per heavy atom. The summed E-state index contributed by atoms with van der Waals surface area (Å²) in [5.41, 5.74) is 4.90. The van der Waals surface area contributed by atoms with Crippen LogP contribution in [0.2, 0.25) is 0 Å². The molecule has 6 nitrogen and oxygen atoms in total. The zero-order valence-corrected chi connectivity index (χ0v) is 11.0. The van der Waals surface area contributed by atoms with Gasteiger partial charge in [-0.2, -0.15) is 0 Å². The third-order valence-electron chi connectivity index (χ3n) is 3.23. The highest BCUT2D eigenvalue weighted by Crippen LogP contribution is 2.40. The Bertz CT molecular complexity index is 543. The molecular weight excluding hydrogens is 291 g/mol. The molecule has 0 aromatic heterocycles. The molecule has 0 saturated carbocycles. The second kappa shape index (κ2) is 5.66. The van der Waals surface area contributed by atoms with Gasteiger partial charge in [0.1, 0.15) is 5.69 Å². The molecule has 0 atom stereocenters. The van der Waals surface area contributed by atoms with E-state index in [4.69, 9.17) is 5.73 Å². The SMILES string of the molecule is Nc1cc(N2CCCCC2)c(OC(F)(F)F)cc1[N+](=O)[O-]. The van der Waals surface area contributed by atoms with Crippen molar-refractivity contribution in [3.8, 4) is 5.75 Å². The van der Waals surface area contributed by atoms with Crippen LogP contribution in [0.5, 0.6) is 5.75 Å². The topological polar surface area (TPSA) is 81.6 Å². The summed E-state index contributed by atoms with van der Waals surface area (Å²) in [7, 11) is 0. The van der Waals surface area contributed by atoms with Crippen molar-refractivity contribution >= 4 is 17.1 Å². The maximum atomic E-state index is 12.5. The van der Waals surface area contributed by atoms with Crippen molar-refractivity contribution in [2.24, 2.45) is 0 Å². The lowest BCUT2D eigenvalue weighted by molar-refractivity contribution is -0.384. The van der Waals surface area contributed by atoms with Crippen molar-refractivity contribution in [3.05, 3.63) is 22.2 Å². The Labute approximate surface area is 118 Å². The van der Waals surface area contributed by atoms with Gasteiger partial charge in [-0.05, 0) is 25.3 Å². The molecule has 21 heavy (non-hydrogen) atoms. The summed E-state index contributed by atoms with van der Waals surface area (Å²) in [6.07, 6.45) is -2.26. The van der Waals surface area contributed by atoms with Gasteiger partial charge in [-0.25, -0.2) is 0 Å². The van der Waals surface area contributed by atoms with E-state index in [1.807, 2.05) is 0 Å². The fourth-order valence-electron chi connectivity index (χ4n) is 2.32. The first-order chi connectivity index (χ1) is 9.78. The number of nitrogens with two attached hydrogens (primary N) is 1. The van der Waals surface area contributed by atoms with Crippen LogP contribution in [0.25, 0.3) is 0 Å². The monoisotopic (exact) mass is 305 g/mol. The molecule has 0 unspecified atom stereocenters. The smallest absolute Gasteiger partial charge is 0.403 e. The van der Waals surface area contributed by atoms with Crippen LogP contribution >= 0.6 is 0 Å². The van der Waals surface area contributed by atoms with Crippen molar-refractivity contribution in [1.82, 2.24) is 0 Å². The number of hydrogen-bond donors (Lipinski definition) is 1. The Morgan fingerprint density at radius 2 is 1.86 bits per heavy atom. The van der Waals surface area contributed by atoms with E-state index in [-0.39, 0.29) is 11.4 Å². The molecule has 1 aromatic rings. The number of hydrogen-bond acceptors (Lipinski definition) is 5. The molecule has 116 valence electrons. The van der Waals surface area contributed by atoms with Gasteiger partial charge in [0.15, 0.2) is 5.75 Å². The molecule has 1 heterocycles. The summed E-state index contributed by atoms with van der Waals surface area (Å²) in [4.78, 5) is 11.7. The molecule has 1 aliphatic rings. The first-order valence-electron chi connectivity index (χ1n) is 6.36. The Morgan fingerprint density at radius 3 is 2.38 bits per heavy atom. The average Bonchev–Trinajstić information content (AvgIpc) is 2.39. The molecule has 1 saturated heterocycles. The van der Waals surface area contributed by atoms with Gasteiger partial charge in [0.05, 0.1) is 16.7 Å². The van der Waals surface area contributed by atoms with E-state index in [9.17, 15) is 23.3 Å². The van der Waals surface area contributed by atoms with E-state index in [1.54, 1.807) is 4.90 Å². The Kier molecular flexibility index (Phi) is 4.10. The number of halogens is 3. The molecule has 2 rings (SSSR count). The van der Waals surface area contributed by atoms with E-state index >= 15 is 0 Å². The van der Waals surface area contributed by atoms with Gasteiger partial charge in [0, 0.05) is 13.1 Å². The predicted molar refractivity (Wildman–Crippen MR) is 70.3 cm³/mol. The van der Waals surface area contributed by atoms with Crippen LogP contribution in [0.15, 0.2) is 12.1 Å². The molecule has 1 aliphatic heterocycles. The van der Waals surface area contributed by atoms with Crippen molar-refractivity contribution in [2.45, 2.75) is 25.6 Å². The third kappa shape index (κ3) is 3.67. The number of nitrogens with zero attached hydrogens (tertiary/aromatic N) is 2. The van der Waals surface area contributed by atoms with Gasteiger partial charge < -0.3 is 15.4 Å². The van der Waals surface area contributed by atoms with Crippen molar-refractivity contribution in [3.63, 3.8) is 0 Å². The molecule has 0 amide bonds. The summed E-state index contributed by atoms with van der Waals surface area (Å²) < 4.78 is 41.4. The molecule has 1 aromatic carbocycles. The van der Waals surface area contributed by atoms with E-state index in [2.05, 4.69) is 4.74 Å². The van der Waals surface area contributed by atoms with Gasteiger partial charge in [0.2, 0.25) is 0 Å². The molecule has 0 radical (unpaired) electrons. The zero-order chi connectivity index (χ0) is 15.6. The number of nitro groups is 1. The van der Waals surface area contributed by atoms with Crippen molar-refractivity contribution in [2.75, 3.05) is 23.7 Å². The molecule has 2 N–H and O–H groups in total. The first kappa shape index (κ1) is 15.2. The normalized spacial score (nSPS) is 15.9. The van der Waals surface area contributed by atoms with Crippen LogP contribution in [0, 0.1) is 10.1 Å². The number of nitrogen functional groups attached to an aromatic ring is 1. The van der Waals surface area contributed by atoms with Gasteiger partial charge >= 0.3 is 6.36 Å². The minimum absolute atomic E-state index is 0.134. The number of benzene rings is 1. The van der Waals surface area contributed by atoms with Crippen LogP contribution in [0.3, 0.4) is 0 Å². The third-order valence-corrected chi connectivity index (χ3v) is 3.23. The second-order valence-electron chi connectivity index (χ2n) is 4.73. The number of anilines is 2. The Balaban J connectivity index is 2.45. The highest BCUT2D eigenvalue weighted by Gasteiger charge is 2.34. The van der Waals surface area contributed by atoms with Gasteiger partial charge in [-0.1, -0.05) is 0 Å². The fourth-order valence-corrected chi connectivity index (χ4v) is 2.32. The second-order valence-corrected chi connectivity index (χ2v) is 4.73. The minimum atomic E-state index is -4.92. The summed E-state index contributed by atoms with van der Waals surface area (Å²) >= 11 is 0. The van der Waals surface area contributed by atoms with Gasteiger partial charge in [-0.15, -0.1) is 13.2 Å².